The number of hydrogen-bond donors (Lipinski definition) is 2. The average molecular weight is 431 g/mol. The molecule has 0 radical (unpaired) electrons. The van der Waals surface area contributed by atoms with Crippen LogP contribution >= 0.6 is 0 Å². The van der Waals surface area contributed by atoms with Crippen LogP contribution in [0.5, 0.6) is 0 Å². The van der Waals surface area contributed by atoms with E-state index in [0.717, 1.165) is 18.3 Å². The van der Waals surface area contributed by atoms with Crippen LogP contribution in [0.25, 0.3) is 0 Å². The number of hydrogen-bond acceptors (Lipinski definition) is 2. The van der Waals surface area contributed by atoms with Crippen LogP contribution in [0.15, 0.2) is 0 Å². The average Bonchev–Trinajstić information content (AvgIpc) is 2.97. The third-order valence-electron chi connectivity index (χ3n) is 13.4. The molecule has 2 nitrogen and oxygen atoms in total. The third kappa shape index (κ3) is 2.76. The molecule has 0 bridgehead atoms. The molecule has 0 spiro atoms. The van der Waals surface area contributed by atoms with Gasteiger partial charge in [-0.25, -0.2) is 0 Å². The van der Waals surface area contributed by atoms with E-state index in [4.69, 9.17) is 0 Å². The summed E-state index contributed by atoms with van der Waals surface area (Å²) in [6.45, 7) is 17.7. The zero-order valence-electron chi connectivity index (χ0n) is 21.6. The van der Waals surface area contributed by atoms with Crippen molar-refractivity contribution in [1.82, 2.24) is 0 Å². The minimum absolute atomic E-state index is 0.191. The standard InChI is InChI=1S/C29H50O2/c1-19-20-10-11-27(6)23(25(20,4)12-14-28(19,7)31)9-8-21-22-16-24(2,3)17-29(22,18-30)15-13-26(21,27)5/h19-23,30-31H,8-18H2,1-7H3/t19?,20?,21?,22?,23?,25?,26-,27?,28?,29?/m1/s1. The van der Waals surface area contributed by atoms with E-state index >= 15 is 0 Å². The van der Waals surface area contributed by atoms with Gasteiger partial charge in [0.05, 0.1) is 5.60 Å². The lowest BCUT2D eigenvalue weighted by molar-refractivity contribution is -0.243. The van der Waals surface area contributed by atoms with E-state index in [9.17, 15) is 10.2 Å². The Morgan fingerprint density at radius 1 is 0.742 bits per heavy atom. The molecule has 0 heterocycles. The monoisotopic (exact) mass is 430 g/mol. The van der Waals surface area contributed by atoms with Gasteiger partial charge in [-0.05, 0) is 128 Å². The maximum absolute atomic E-state index is 11.1. The Morgan fingerprint density at radius 3 is 2.13 bits per heavy atom. The van der Waals surface area contributed by atoms with E-state index < -0.39 is 5.60 Å². The van der Waals surface area contributed by atoms with Gasteiger partial charge in [-0.15, -0.1) is 0 Å². The molecule has 0 aromatic rings. The first kappa shape index (κ1) is 22.7. The third-order valence-corrected chi connectivity index (χ3v) is 13.4. The van der Waals surface area contributed by atoms with Crippen LogP contribution < -0.4 is 0 Å². The second-order valence-electron chi connectivity index (χ2n) is 15.0. The molecule has 31 heavy (non-hydrogen) atoms. The van der Waals surface area contributed by atoms with Crippen LogP contribution in [0.4, 0.5) is 0 Å². The summed E-state index contributed by atoms with van der Waals surface area (Å²) in [5.74, 6) is 3.35. The molecule has 2 N–H and O–H groups in total. The maximum atomic E-state index is 11.1. The molecule has 0 aromatic carbocycles. The van der Waals surface area contributed by atoms with Crippen molar-refractivity contribution in [2.45, 2.75) is 118 Å². The summed E-state index contributed by atoms with van der Waals surface area (Å²) in [6, 6.07) is 0. The molecule has 5 aliphatic rings. The highest BCUT2D eigenvalue weighted by molar-refractivity contribution is 5.19. The van der Waals surface area contributed by atoms with Gasteiger partial charge in [0.15, 0.2) is 0 Å². The molecule has 9 unspecified atom stereocenters. The van der Waals surface area contributed by atoms with Gasteiger partial charge < -0.3 is 10.2 Å². The molecule has 178 valence electrons. The number of fused-ring (bicyclic) bond motifs is 7. The van der Waals surface area contributed by atoms with Crippen LogP contribution in [0.1, 0.15) is 113 Å². The largest absolute Gasteiger partial charge is 0.396 e. The van der Waals surface area contributed by atoms with Gasteiger partial charge in [0.1, 0.15) is 0 Å². The molecular formula is C29H50O2. The number of aliphatic hydroxyl groups excluding tert-OH is 1. The minimum Gasteiger partial charge on any atom is -0.396 e. The Hall–Kier alpha value is -0.0800. The van der Waals surface area contributed by atoms with Crippen molar-refractivity contribution >= 4 is 0 Å². The quantitative estimate of drug-likeness (QED) is 0.478. The van der Waals surface area contributed by atoms with Gasteiger partial charge in [-0.1, -0.05) is 41.5 Å². The van der Waals surface area contributed by atoms with E-state index in [0.29, 0.717) is 46.0 Å². The first-order valence-electron chi connectivity index (χ1n) is 13.6. The SMILES string of the molecule is CC1C2CCC3(C)C(CCC4C5CC(C)(C)CC5(CO)CC[C@]43C)C2(C)CCC1(C)O. The van der Waals surface area contributed by atoms with Crippen molar-refractivity contribution in [3.8, 4) is 0 Å². The van der Waals surface area contributed by atoms with Crippen LogP contribution in [0.2, 0.25) is 0 Å². The fourth-order valence-electron chi connectivity index (χ4n) is 11.4. The van der Waals surface area contributed by atoms with Crippen LogP contribution in [-0.2, 0) is 0 Å². The second-order valence-corrected chi connectivity index (χ2v) is 15.0. The van der Waals surface area contributed by atoms with Crippen molar-refractivity contribution in [3.05, 3.63) is 0 Å². The highest BCUT2D eigenvalue weighted by Crippen LogP contribution is 2.77. The molecule has 0 amide bonds. The van der Waals surface area contributed by atoms with E-state index in [1.54, 1.807) is 0 Å². The molecule has 5 aliphatic carbocycles. The fourth-order valence-corrected chi connectivity index (χ4v) is 11.4. The van der Waals surface area contributed by atoms with E-state index in [2.05, 4.69) is 48.5 Å². The maximum Gasteiger partial charge on any atom is 0.0648 e. The van der Waals surface area contributed by atoms with E-state index in [1.165, 1.54) is 57.8 Å². The van der Waals surface area contributed by atoms with Crippen molar-refractivity contribution in [1.29, 1.82) is 0 Å². The van der Waals surface area contributed by atoms with Gasteiger partial charge in [0, 0.05) is 6.61 Å². The Bertz CT molecular complexity index is 741. The van der Waals surface area contributed by atoms with Gasteiger partial charge in [0.25, 0.3) is 0 Å². The molecule has 2 heteroatoms. The highest BCUT2D eigenvalue weighted by Gasteiger charge is 2.70. The predicted octanol–water partition coefficient (Wildman–Crippen LogP) is 6.83. The van der Waals surface area contributed by atoms with Crippen molar-refractivity contribution in [3.63, 3.8) is 0 Å². The summed E-state index contributed by atoms with van der Waals surface area (Å²) in [5, 5.41) is 21.7. The summed E-state index contributed by atoms with van der Waals surface area (Å²) >= 11 is 0. The Balaban J connectivity index is 1.51. The lowest BCUT2D eigenvalue weighted by Crippen LogP contribution is -2.66. The van der Waals surface area contributed by atoms with Gasteiger partial charge in [0.2, 0.25) is 0 Å². The molecule has 10 atom stereocenters. The molecule has 5 saturated carbocycles. The Kier molecular flexibility index (Phi) is 4.78. The van der Waals surface area contributed by atoms with Crippen LogP contribution in [0, 0.1) is 56.7 Å². The van der Waals surface area contributed by atoms with Gasteiger partial charge in [-0.3, -0.25) is 0 Å². The molecule has 0 aliphatic heterocycles. The van der Waals surface area contributed by atoms with Gasteiger partial charge in [-0.2, -0.15) is 0 Å². The van der Waals surface area contributed by atoms with Gasteiger partial charge >= 0.3 is 0 Å². The molecule has 0 saturated heterocycles. The number of rotatable bonds is 1. The molecular weight excluding hydrogens is 380 g/mol. The Morgan fingerprint density at radius 2 is 1.45 bits per heavy atom. The zero-order chi connectivity index (χ0) is 22.7. The molecule has 0 aromatic heterocycles. The minimum atomic E-state index is -0.486. The lowest BCUT2D eigenvalue weighted by atomic mass is 9.33. The predicted molar refractivity (Wildman–Crippen MR) is 128 cm³/mol. The van der Waals surface area contributed by atoms with E-state index in [-0.39, 0.29) is 5.41 Å². The fraction of sp³-hybridized carbons (Fsp3) is 1.00. The second kappa shape index (κ2) is 6.53. The smallest absolute Gasteiger partial charge is 0.0648 e. The summed E-state index contributed by atoms with van der Waals surface area (Å²) < 4.78 is 0. The Labute approximate surface area is 192 Å². The van der Waals surface area contributed by atoms with Crippen molar-refractivity contribution < 1.29 is 10.2 Å². The summed E-state index contributed by atoms with van der Waals surface area (Å²) in [5.41, 5.74) is 1.26. The zero-order valence-corrected chi connectivity index (χ0v) is 21.6. The number of aliphatic hydroxyl groups is 2. The summed E-state index contributed by atoms with van der Waals surface area (Å²) in [7, 11) is 0. The van der Waals surface area contributed by atoms with Crippen LogP contribution in [-0.4, -0.2) is 22.4 Å². The summed E-state index contributed by atoms with van der Waals surface area (Å²) in [4.78, 5) is 0. The van der Waals surface area contributed by atoms with Crippen LogP contribution in [0.3, 0.4) is 0 Å². The molecule has 5 rings (SSSR count). The highest BCUT2D eigenvalue weighted by atomic mass is 16.3. The van der Waals surface area contributed by atoms with E-state index in [1.807, 2.05) is 0 Å². The molecule has 5 fully saturated rings. The first-order chi connectivity index (χ1) is 14.2. The first-order valence-corrected chi connectivity index (χ1v) is 13.6. The van der Waals surface area contributed by atoms with Crippen molar-refractivity contribution in [2.24, 2.45) is 56.7 Å². The lowest BCUT2D eigenvalue weighted by Gasteiger charge is -2.72. The summed E-state index contributed by atoms with van der Waals surface area (Å²) in [6.07, 6.45) is 12.6. The normalized spacial score (nSPS) is 60.5. The topological polar surface area (TPSA) is 40.5 Å². The van der Waals surface area contributed by atoms with Crippen molar-refractivity contribution in [2.75, 3.05) is 6.61 Å².